The molecule has 1 amide bonds. The molecule has 0 N–H and O–H groups in total. The predicted octanol–water partition coefficient (Wildman–Crippen LogP) is 2.73. The van der Waals surface area contributed by atoms with Crippen LogP contribution in [0.3, 0.4) is 0 Å². The second kappa shape index (κ2) is 6.78. The van der Waals surface area contributed by atoms with E-state index in [0.717, 1.165) is 19.3 Å². The molecular weight excluding hydrogens is 246 g/mol. The minimum Gasteiger partial charge on any atom is -0.462 e. The highest BCUT2D eigenvalue weighted by Gasteiger charge is 2.38. The average Bonchev–Trinajstić information content (AvgIpc) is 2.68. The molecule has 1 fully saturated rings. The third-order valence-electron chi connectivity index (χ3n) is 3.10. The molecule has 1 aliphatic rings. The van der Waals surface area contributed by atoms with Crippen molar-refractivity contribution in [3.8, 4) is 0 Å². The normalized spacial score (nSPS) is 19.5. The standard InChI is InChI=1S/C14H25NO4/c1-5-6-7-8-12(16)18-10-11-9-15(13(17)19-11)14(2,3)4/h11H,5-10H2,1-4H3. The van der Waals surface area contributed by atoms with Crippen LogP contribution >= 0.6 is 0 Å². The summed E-state index contributed by atoms with van der Waals surface area (Å²) in [7, 11) is 0. The number of rotatable bonds is 6. The van der Waals surface area contributed by atoms with Gasteiger partial charge in [0.1, 0.15) is 6.61 Å². The van der Waals surface area contributed by atoms with Crippen LogP contribution in [-0.2, 0) is 14.3 Å². The molecule has 0 spiro atoms. The van der Waals surface area contributed by atoms with Crippen LogP contribution in [0.1, 0.15) is 53.4 Å². The average molecular weight is 271 g/mol. The molecule has 110 valence electrons. The second-order valence-corrected chi connectivity index (χ2v) is 5.93. The molecule has 5 nitrogen and oxygen atoms in total. The summed E-state index contributed by atoms with van der Waals surface area (Å²) in [4.78, 5) is 24.8. The molecule has 0 aliphatic carbocycles. The highest BCUT2D eigenvalue weighted by molar-refractivity contribution is 5.71. The van der Waals surface area contributed by atoms with Crippen LogP contribution in [0.15, 0.2) is 0 Å². The SMILES string of the molecule is CCCCCC(=O)OCC1CN(C(C)(C)C)C(=O)O1. The number of amides is 1. The quantitative estimate of drug-likeness (QED) is 0.550. The van der Waals surface area contributed by atoms with Gasteiger partial charge in [0.05, 0.1) is 6.54 Å². The van der Waals surface area contributed by atoms with Crippen LogP contribution in [0.2, 0.25) is 0 Å². The molecule has 1 heterocycles. The topological polar surface area (TPSA) is 55.8 Å². The van der Waals surface area contributed by atoms with Crippen molar-refractivity contribution >= 4 is 12.1 Å². The number of carbonyl (C=O) groups excluding carboxylic acids is 2. The first-order valence-electron chi connectivity index (χ1n) is 6.98. The van der Waals surface area contributed by atoms with Crippen molar-refractivity contribution in [2.75, 3.05) is 13.2 Å². The second-order valence-electron chi connectivity index (χ2n) is 5.93. The van der Waals surface area contributed by atoms with E-state index in [0.29, 0.717) is 13.0 Å². The lowest BCUT2D eigenvalue weighted by molar-refractivity contribution is -0.146. The number of hydrogen-bond acceptors (Lipinski definition) is 4. The summed E-state index contributed by atoms with van der Waals surface area (Å²) in [6, 6.07) is 0. The molecule has 1 aliphatic heterocycles. The van der Waals surface area contributed by atoms with Crippen LogP contribution in [-0.4, -0.2) is 41.8 Å². The van der Waals surface area contributed by atoms with Crippen LogP contribution < -0.4 is 0 Å². The first-order chi connectivity index (χ1) is 8.84. The Bertz CT molecular complexity index is 322. The summed E-state index contributed by atoms with van der Waals surface area (Å²) < 4.78 is 10.3. The zero-order chi connectivity index (χ0) is 14.5. The summed E-state index contributed by atoms with van der Waals surface area (Å²) in [5, 5.41) is 0. The maximum Gasteiger partial charge on any atom is 0.410 e. The lowest BCUT2D eigenvalue weighted by Gasteiger charge is -2.29. The fourth-order valence-electron chi connectivity index (χ4n) is 1.93. The number of esters is 1. The van der Waals surface area contributed by atoms with E-state index in [2.05, 4.69) is 6.92 Å². The molecule has 0 aromatic rings. The van der Waals surface area contributed by atoms with E-state index >= 15 is 0 Å². The van der Waals surface area contributed by atoms with Crippen LogP contribution in [0, 0.1) is 0 Å². The molecule has 0 bridgehead atoms. The van der Waals surface area contributed by atoms with Crippen molar-refractivity contribution in [2.45, 2.75) is 65.0 Å². The fourth-order valence-corrected chi connectivity index (χ4v) is 1.93. The maximum atomic E-state index is 11.7. The van der Waals surface area contributed by atoms with Gasteiger partial charge in [0.2, 0.25) is 0 Å². The van der Waals surface area contributed by atoms with Crippen molar-refractivity contribution in [1.29, 1.82) is 0 Å². The van der Waals surface area contributed by atoms with Gasteiger partial charge < -0.3 is 9.47 Å². The highest BCUT2D eigenvalue weighted by Crippen LogP contribution is 2.22. The summed E-state index contributed by atoms with van der Waals surface area (Å²) >= 11 is 0. The Morgan fingerprint density at radius 3 is 2.63 bits per heavy atom. The minimum atomic E-state index is -0.346. The number of carbonyl (C=O) groups is 2. The molecule has 0 radical (unpaired) electrons. The molecule has 0 aromatic heterocycles. The van der Waals surface area contributed by atoms with Crippen LogP contribution in [0.25, 0.3) is 0 Å². The minimum absolute atomic E-state index is 0.156. The number of nitrogens with zero attached hydrogens (tertiary/aromatic N) is 1. The third-order valence-corrected chi connectivity index (χ3v) is 3.10. The first kappa shape index (κ1) is 15.8. The Kier molecular flexibility index (Phi) is 5.63. The molecule has 5 heteroatoms. The van der Waals surface area contributed by atoms with E-state index in [1.54, 1.807) is 4.90 Å². The number of ether oxygens (including phenoxy) is 2. The van der Waals surface area contributed by atoms with Gasteiger partial charge >= 0.3 is 12.1 Å². The van der Waals surface area contributed by atoms with Gasteiger partial charge in [-0.15, -0.1) is 0 Å². The Morgan fingerprint density at radius 1 is 1.42 bits per heavy atom. The van der Waals surface area contributed by atoms with Gasteiger partial charge in [-0.2, -0.15) is 0 Å². The van der Waals surface area contributed by atoms with E-state index in [-0.39, 0.29) is 30.3 Å². The Hall–Kier alpha value is -1.26. The molecule has 0 saturated carbocycles. The molecule has 19 heavy (non-hydrogen) atoms. The molecule has 1 atom stereocenters. The van der Waals surface area contributed by atoms with Gasteiger partial charge in [-0.3, -0.25) is 9.69 Å². The van der Waals surface area contributed by atoms with E-state index in [9.17, 15) is 9.59 Å². The number of cyclic esters (lactones) is 1. The molecular formula is C14H25NO4. The Morgan fingerprint density at radius 2 is 2.11 bits per heavy atom. The largest absolute Gasteiger partial charge is 0.462 e. The predicted molar refractivity (Wildman–Crippen MR) is 71.8 cm³/mol. The molecule has 1 saturated heterocycles. The lowest BCUT2D eigenvalue weighted by atomic mass is 10.1. The summed E-state index contributed by atoms with van der Waals surface area (Å²) in [6.45, 7) is 8.58. The van der Waals surface area contributed by atoms with Crippen molar-refractivity contribution in [1.82, 2.24) is 4.90 Å². The van der Waals surface area contributed by atoms with Crippen molar-refractivity contribution in [3.63, 3.8) is 0 Å². The molecule has 1 unspecified atom stereocenters. The zero-order valence-electron chi connectivity index (χ0n) is 12.4. The summed E-state index contributed by atoms with van der Waals surface area (Å²) in [6.07, 6.45) is 2.73. The monoisotopic (exact) mass is 271 g/mol. The van der Waals surface area contributed by atoms with E-state index in [1.165, 1.54) is 0 Å². The van der Waals surface area contributed by atoms with Crippen LogP contribution in [0.4, 0.5) is 4.79 Å². The smallest absolute Gasteiger partial charge is 0.410 e. The van der Waals surface area contributed by atoms with Gasteiger partial charge in [0.15, 0.2) is 6.10 Å². The number of hydrogen-bond donors (Lipinski definition) is 0. The number of unbranched alkanes of at least 4 members (excludes halogenated alkanes) is 2. The van der Waals surface area contributed by atoms with Gasteiger partial charge in [-0.25, -0.2) is 4.79 Å². The van der Waals surface area contributed by atoms with E-state index < -0.39 is 0 Å². The van der Waals surface area contributed by atoms with Crippen molar-refractivity contribution < 1.29 is 19.1 Å². The van der Waals surface area contributed by atoms with Gasteiger partial charge in [-0.05, 0) is 27.2 Å². The van der Waals surface area contributed by atoms with E-state index in [4.69, 9.17) is 9.47 Å². The van der Waals surface area contributed by atoms with Gasteiger partial charge in [0.25, 0.3) is 0 Å². The lowest BCUT2D eigenvalue weighted by Crippen LogP contribution is -2.42. The molecule has 0 aromatic carbocycles. The highest BCUT2D eigenvalue weighted by atomic mass is 16.6. The summed E-state index contributed by atoms with van der Waals surface area (Å²) in [5.74, 6) is -0.210. The Balaban J connectivity index is 2.28. The van der Waals surface area contributed by atoms with Gasteiger partial charge in [0, 0.05) is 12.0 Å². The third kappa shape index (κ3) is 5.09. The van der Waals surface area contributed by atoms with Crippen LogP contribution in [0.5, 0.6) is 0 Å². The van der Waals surface area contributed by atoms with Crippen molar-refractivity contribution in [3.05, 3.63) is 0 Å². The van der Waals surface area contributed by atoms with Crippen molar-refractivity contribution in [2.24, 2.45) is 0 Å². The Labute approximate surface area is 115 Å². The zero-order valence-corrected chi connectivity index (χ0v) is 12.4. The first-order valence-corrected chi connectivity index (χ1v) is 6.98. The molecule has 1 rings (SSSR count). The van der Waals surface area contributed by atoms with E-state index in [1.807, 2.05) is 20.8 Å². The maximum absolute atomic E-state index is 11.7. The van der Waals surface area contributed by atoms with Gasteiger partial charge in [-0.1, -0.05) is 19.8 Å². The fraction of sp³-hybridized carbons (Fsp3) is 0.857. The summed E-state index contributed by atoms with van der Waals surface area (Å²) in [5.41, 5.74) is -0.267.